The van der Waals surface area contributed by atoms with Crippen LogP contribution in [0.25, 0.3) is 0 Å². The van der Waals surface area contributed by atoms with E-state index in [1.807, 2.05) is 12.1 Å². The number of unbranched alkanes of at least 4 members (excludes halogenated alkanes) is 5. The summed E-state index contributed by atoms with van der Waals surface area (Å²) >= 11 is 0. The topological polar surface area (TPSA) is 90.9 Å². The number of hydrogen-bond donors (Lipinski definition) is 1. The van der Waals surface area contributed by atoms with Gasteiger partial charge in [0.05, 0.1) is 11.8 Å². The van der Waals surface area contributed by atoms with Gasteiger partial charge in [0.25, 0.3) is 5.91 Å². The van der Waals surface area contributed by atoms with Crippen LogP contribution in [0.1, 0.15) is 103 Å². The molecule has 0 aliphatic rings. The first kappa shape index (κ1) is 32.6. The maximum Gasteiger partial charge on any atom is 0.375 e. The van der Waals surface area contributed by atoms with Gasteiger partial charge in [-0.2, -0.15) is 0 Å². The van der Waals surface area contributed by atoms with Gasteiger partial charge in [0.2, 0.25) is 5.76 Å². The largest absolute Gasteiger partial charge is 0.457 e. The van der Waals surface area contributed by atoms with Crippen molar-refractivity contribution in [1.82, 2.24) is 0 Å². The van der Waals surface area contributed by atoms with E-state index in [9.17, 15) is 14.4 Å². The van der Waals surface area contributed by atoms with Crippen LogP contribution < -0.4 is 10.1 Å². The Bertz CT molecular complexity index is 1150. The Hall–Kier alpha value is -3.61. The van der Waals surface area contributed by atoms with Crippen LogP contribution >= 0.6 is 0 Å². The Kier molecular flexibility index (Phi) is 12.4. The van der Waals surface area contributed by atoms with Gasteiger partial charge in [-0.3, -0.25) is 4.79 Å². The second-order valence-corrected chi connectivity index (χ2v) is 11.8. The van der Waals surface area contributed by atoms with Crippen LogP contribution in [0, 0.1) is 0 Å². The summed E-state index contributed by atoms with van der Waals surface area (Å²) in [5.41, 5.74) is 0.455. The Morgan fingerprint density at radius 3 is 2.00 bits per heavy atom. The van der Waals surface area contributed by atoms with Gasteiger partial charge in [-0.25, -0.2) is 9.59 Å². The lowest BCUT2D eigenvalue weighted by atomic mass is 10.0. The Labute approximate surface area is 239 Å². The molecule has 2 aromatic carbocycles. The van der Waals surface area contributed by atoms with E-state index in [0.29, 0.717) is 11.3 Å². The fourth-order valence-corrected chi connectivity index (χ4v) is 3.80. The lowest BCUT2D eigenvalue weighted by Crippen LogP contribution is -2.28. The van der Waals surface area contributed by atoms with Crippen molar-refractivity contribution in [3.05, 3.63) is 71.5 Å². The average molecular weight is 552 g/mol. The summed E-state index contributed by atoms with van der Waals surface area (Å²) in [4.78, 5) is 38.4. The maximum absolute atomic E-state index is 13.0. The zero-order valence-electron chi connectivity index (χ0n) is 25.1. The number of anilines is 1. The molecule has 0 spiro atoms. The van der Waals surface area contributed by atoms with Crippen molar-refractivity contribution >= 4 is 23.5 Å². The second-order valence-electron chi connectivity index (χ2n) is 11.8. The van der Waals surface area contributed by atoms with E-state index in [2.05, 4.69) is 12.2 Å². The van der Waals surface area contributed by atoms with Crippen molar-refractivity contribution in [3.63, 3.8) is 0 Å². The summed E-state index contributed by atoms with van der Waals surface area (Å²) in [5.74, 6) is -2.09. The van der Waals surface area contributed by atoms with Crippen molar-refractivity contribution in [1.29, 1.82) is 0 Å². The van der Waals surface area contributed by atoms with E-state index in [1.165, 1.54) is 37.7 Å². The molecule has 0 aliphatic carbocycles. The number of amides is 1. The molecule has 0 bridgehead atoms. The molecule has 0 aliphatic heterocycles. The normalized spacial score (nSPS) is 12.0. The summed E-state index contributed by atoms with van der Waals surface area (Å²) in [6, 6.07) is 14.2. The van der Waals surface area contributed by atoms with Gasteiger partial charge in [0.15, 0.2) is 5.75 Å². The van der Waals surface area contributed by atoms with Gasteiger partial charge in [0.1, 0.15) is 11.2 Å². The van der Waals surface area contributed by atoms with E-state index in [4.69, 9.17) is 14.2 Å². The lowest BCUT2D eigenvalue weighted by molar-refractivity contribution is -0.154. The van der Waals surface area contributed by atoms with Gasteiger partial charge in [-0.15, -0.1) is 0 Å². The van der Waals surface area contributed by atoms with Crippen LogP contribution in [-0.4, -0.2) is 29.0 Å². The van der Waals surface area contributed by atoms with Crippen LogP contribution in [-0.2, 0) is 25.5 Å². The molecule has 0 saturated carbocycles. The minimum absolute atomic E-state index is 0.177. The Balaban J connectivity index is 2.14. The first-order valence-corrected chi connectivity index (χ1v) is 14.1. The lowest BCUT2D eigenvalue weighted by Gasteiger charge is -2.22. The predicted octanol–water partition coefficient (Wildman–Crippen LogP) is 7.79. The van der Waals surface area contributed by atoms with E-state index >= 15 is 0 Å². The summed E-state index contributed by atoms with van der Waals surface area (Å²) in [6.07, 6.45) is 9.38. The van der Waals surface area contributed by atoms with Crippen molar-refractivity contribution in [2.75, 3.05) is 5.32 Å². The van der Waals surface area contributed by atoms with E-state index in [-0.39, 0.29) is 17.4 Å². The average Bonchev–Trinajstić information content (AvgIpc) is 2.85. The Morgan fingerprint density at radius 2 is 1.38 bits per heavy atom. The summed E-state index contributed by atoms with van der Waals surface area (Å²) in [5, 5.41) is 2.84. The molecular weight excluding hydrogens is 506 g/mol. The number of rotatable bonds is 13. The number of aryl methyl sites for hydroxylation is 1. The number of nitrogens with one attached hydrogen (secondary N) is 1. The molecule has 218 valence electrons. The van der Waals surface area contributed by atoms with Crippen molar-refractivity contribution in [2.45, 2.75) is 105 Å². The molecule has 0 unspecified atom stereocenters. The number of carbonyl (C=O) groups is 3. The van der Waals surface area contributed by atoms with Crippen molar-refractivity contribution in [3.8, 4) is 5.75 Å². The van der Waals surface area contributed by atoms with Crippen molar-refractivity contribution in [2.24, 2.45) is 0 Å². The maximum atomic E-state index is 13.0. The highest BCUT2D eigenvalue weighted by Crippen LogP contribution is 2.27. The molecule has 1 amide bonds. The van der Waals surface area contributed by atoms with E-state index < -0.39 is 23.1 Å². The van der Waals surface area contributed by atoms with Gasteiger partial charge in [-0.05, 0) is 84.2 Å². The van der Waals surface area contributed by atoms with Gasteiger partial charge >= 0.3 is 11.9 Å². The Morgan fingerprint density at radius 1 is 0.775 bits per heavy atom. The third kappa shape index (κ3) is 12.5. The SMILES string of the molecule is CCCCCCCCc1ccc(C(=O)Nc2ccccc2O/C(=C\C(=O)OC(C)(C)C)C(=O)OC(C)(C)C)cc1. The zero-order chi connectivity index (χ0) is 29.8. The fourth-order valence-electron chi connectivity index (χ4n) is 3.80. The van der Waals surface area contributed by atoms with Crippen LogP contribution in [0.15, 0.2) is 60.4 Å². The van der Waals surface area contributed by atoms with Crippen LogP contribution in [0.3, 0.4) is 0 Å². The molecule has 2 rings (SSSR count). The summed E-state index contributed by atoms with van der Waals surface area (Å²) in [7, 11) is 0. The zero-order valence-corrected chi connectivity index (χ0v) is 25.1. The first-order chi connectivity index (χ1) is 18.8. The van der Waals surface area contributed by atoms with Crippen LogP contribution in [0.4, 0.5) is 5.69 Å². The fraction of sp³-hybridized carbons (Fsp3) is 0.485. The number of carbonyl (C=O) groups excluding carboxylic acids is 3. The van der Waals surface area contributed by atoms with E-state index in [0.717, 1.165) is 18.9 Å². The third-order valence-electron chi connectivity index (χ3n) is 5.65. The molecule has 2 aromatic rings. The molecule has 0 atom stereocenters. The second kappa shape index (κ2) is 15.2. The monoisotopic (exact) mass is 551 g/mol. The molecule has 0 aromatic heterocycles. The van der Waals surface area contributed by atoms with Gasteiger partial charge < -0.3 is 19.5 Å². The number of ether oxygens (including phenoxy) is 3. The molecule has 0 heterocycles. The number of para-hydroxylation sites is 2. The van der Waals surface area contributed by atoms with E-state index in [1.54, 1.807) is 77.9 Å². The number of esters is 2. The molecule has 7 heteroatoms. The highest BCUT2D eigenvalue weighted by molar-refractivity contribution is 6.05. The summed E-state index contributed by atoms with van der Waals surface area (Å²) in [6.45, 7) is 12.5. The quantitative estimate of drug-likeness (QED) is 0.118. The highest BCUT2D eigenvalue weighted by atomic mass is 16.6. The predicted molar refractivity (Wildman–Crippen MR) is 158 cm³/mol. The number of benzene rings is 2. The van der Waals surface area contributed by atoms with Gasteiger partial charge in [0, 0.05) is 5.56 Å². The smallest absolute Gasteiger partial charge is 0.375 e. The summed E-state index contributed by atoms with van der Waals surface area (Å²) < 4.78 is 16.6. The molecule has 0 saturated heterocycles. The van der Waals surface area contributed by atoms with Gasteiger partial charge in [-0.1, -0.05) is 63.3 Å². The first-order valence-electron chi connectivity index (χ1n) is 14.1. The number of hydrogen-bond acceptors (Lipinski definition) is 6. The van der Waals surface area contributed by atoms with Crippen LogP contribution in [0.2, 0.25) is 0 Å². The minimum Gasteiger partial charge on any atom is -0.457 e. The van der Waals surface area contributed by atoms with Crippen LogP contribution in [0.5, 0.6) is 5.75 Å². The molecule has 0 radical (unpaired) electrons. The molecular formula is C33H45NO6. The standard InChI is InChI=1S/C33H45NO6/c1-8-9-10-11-12-13-16-24-19-21-25(22-20-24)30(36)34-26-17-14-15-18-27(26)38-28(31(37)40-33(5,6)7)23-29(35)39-32(2,3)4/h14-15,17-23H,8-13,16H2,1-7H3,(H,34,36)/b28-23-. The molecule has 1 N–H and O–H groups in total. The van der Waals surface area contributed by atoms with Crippen molar-refractivity contribution < 1.29 is 28.6 Å². The molecule has 40 heavy (non-hydrogen) atoms. The minimum atomic E-state index is -0.833. The molecule has 0 fully saturated rings. The molecule has 7 nitrogen and oxygen atoms in total. The third-order valence-corrected chi connectivity index (χ3v) is 5.65. The highest BCUT2D eigenvalue weighted by Gasteiger charge is 2.25.